The predicted octanol–water partition coefficient (Wildman–Crippen LogP) is 6.09. The molecule has 4 fully saturated rings. The van der Waals surface area contributed by atoms with Gasteiger partial charge in [0.1, 0.15) is 11.6 Å². The highest BCUT2D eigenvalue weighted by Crippen LogP contribution is 2.52. The molecule has 0 radical (unpaired) electrons. The van der Waals surface area contributed by atoms with Gasteiger partial charge in [-0.3, -0.25) is 4.79 Å². The number of aromatic nitrogens is 2. The SMILES string of the molecule is C=C(F)C(=O)N1CCC[C@@H](S(=O)(=O)c2ccc(N3CC(CN4CCC([C@@](Cn5ccnc5C)(c5cccc(F)c5)[C@H]5CCC[C@@H]5NC(=O)OC)CC4)C3)c(F)c2CN(C)C)C1. The van der Waals surface area contributed by atoms with Gasteiger partial charge in [0.2, 0.25) is 0 Å². The molecule has 3 aromatic rings. The summed E-state index contributed by atoms with van der Waals surface area (Å²) in [6.07, 6.45) is 8.36. The molecule has 7 rings (SSSR count). The monoisotopic (exact) mass is 867 g/mol. The summed E-state index contributed by atoms with van der Waals surface area (Å²) in [4.78, 5) is 36.7. The number of aryl methyl sites for hydroxylation is 1. The maximum atomic E-state index is 16.6. The van der Waals surface area contributed by atoms with Gasteiger partial charge >= 0.3 is 6.09 Å². The van der Waals surface area contributed by atoms with Crippen LogP contribution in [0.15, 0.2) is 66.1 Å². The maximum absolute atomic E-state index is 16.6. The second-order valence-corrected chi connectivity index (χ2v) is 20.1. The first-order valence-electron chi connectivity index (χ1n) is 21.5. The van der Waals surface area contributed by atoms with Crippen LogP contribution in [0, 0.1) is 36.3 Å². The highest BCUT2D eigenvalue weighted by atomic mass is 32.2. The number of halogens is 3. The molecule has 1 aromatic heterocycles. The fraction of sp³-hybridized carbons (Fsp3) is 0.578. The number of methoxy groups -OCH3 is 1. The molecule has 3 aliphatic heterocycles. The summed E-state index contributed by atoms with van der Waals surface area (Å²) in [5.41, 5.74) is 0.880. The molecule has 1 saturated carbocycles. The first kappa shape index (κ1) is 44.6. The van der Waals surface area contributed by atoms with E-state index in [0.717, 1.165) is 63.1 Å². The lowest BCUT2D eigenvalue weighted by Gasteiger charge is -2.51. The van der Waals surface area contributed by atoms with Crippen LogP contribution in [0.25, 0.3) is 0 Å². The van der Waals surface area contributed by atoms with E-state index < -0.39 is 44.1 Å². The number of sulfone groups is 1. The minimum Gasteiger partial charge on any atom is -0.453 e. The number of piperidine rings is 2. The summed E-state index contributed by atoms with van der Waals surface area (Å²) in [5.74, 6) is -1.55. The number of rotatable bonds is 14. The Bertz CT molecular complexity index is 2190. The molecule has 0 unspecified atom stereocenters. The Morgan fingerprint density at radius 2 is 1.77 bits per heavy atom. The largest absolute Gasteiger partial charge is 0.453 e. The molecule has 3 saturated heterocycles. The van der Waals surface area contributed by atoms with E-state index in [2.05, 4.69) is 26.3 Å². The summed E-state index contributed by atoms with van der Waals surface area (Å²) >= 11 is 0. The van der Waals surface area contributed by atoms with E-state index in [-0.39, 0.29) is 66.1 Å². The number of carbonyl (C=O) groups excluding carboxylic acids is 2. The lowest BCUT2D eigenvalue weighted by molar-refractivity contribution is -0.129. The molecule has 12 nitrogen and oxygen atoms in total. The average molecular weight is 868 g/mol. The van der Waals surface area contributed by atoms with Crippen LogP contribution in [0.5, 0.6) is 0 Å². The third-order valence-corrected chi connectivity index (χ3v) is 16.1. The quantitative estimate of drug-likeness (QED) is 0.192. The Hall–Kier alpha value is -4.41. The predicted molar refractivity (Wildman–Crippen MR) is 227 cm³/mol. The Morgan fingerprint density at radius 1 is 1.02 bits per heavy atom. The Labute approximate surface area is 358 Å². The molecule has 2 amide bonds. The van der Waals surface area contributed by atoms with Crippen LogP contribution in [0.3, 0.4) is 0 Å². The zero-order valence-electron chi connectivity index (χ0n) is 35.8. The van der Waals surface area contributed by atoms with Crippen LogP contribution in [-0.2, 0) is 37.9 Å². The van der Waals surface area contributed by atoms with Crippen LogP contribution < -0.4 is 10.2 Å². The van der Waals surface area contributed by atoms with Gasteiger partial charge in [0, 0.05) is 81.1 Å². The highest BCUT2D eigenvalue weighted by Gasteiger charge is 2.52. The van der Waals surface area contributed by atoms with Crippen LogP contribution >= 0.6 is 0 Å². The van der Waals surface area contributed by atoms with Crippen LogP contribution in [-0.4, -0.2) is 123 Å². The molecule has 332 valence electrons. The topological polar surface area (TPSA) is 120 Å². The van der Waals surface area contributed by atoms with Crippen molar-refractivity contribution in [1.82, 2.24) is 29.6 Å². The van der Waals surface area contributed by atoms with E-state index in [9.17, 15) is 22.4 Å². The van der Waals surface area contributed by atoms with Gasteiger partial charge in [-0.2, -0.15) is 0 Å². The van der Waals surface area contributed by atoms with E-state index in [1.54, 1.807) is 43.4 Å². The van der Waals surface area contributed by atoms with E-state index in [1.807, 2.05) is 24.1 Å². The summed E-state index contributed by atoms with van der Waals surface area (Å²) in [7, 11) is 0.820. The van der Waals surface area contributed by atoms with Crippen molar-refractivity contribution in [1.29, 1.82) is 0 Å². The number of amides is 2. The van der Waals surface area contributed by atoms with Gasteiger partial charge in [-0.15, -0.1) is 0 Å². The van der Waals surface area contributed by atoms with Crippen molar-refractivity contribution in [2.24, 2.45) is 17.8 Å². The van der Waals surface area contributed by atoms with Crippen LogP contribution in [0.1, 0.15) is 61.9 Å². The van der Waals surface area contributed by atoms with Gasteiger partial charge < -0.3 is 34.2 Å². The number of nitrogens with one attached hydrogen (secondary N) is 1. The normalized spacial score (nSPS) is 22.9. The molecular weight excluding hydrogens is 808 g/mol. The molecule has 4 aliphatic rings. The van der Waals surface area contributed by atoms with Crippen molar-refractivity contribution in [3.05, 3.63) is 89.8 Å². The minimum atomic E-state index is -4.07. The number of ether oxygens (including phenoxy) is 1. The van der Waals surface area contributed by atoms with Crippen LogP contribution in [0.4, 0.5) is 23.7 Å². The summed E-state index contributed by atoms with van der Waals surface area (Å²) in [5, 5.41) is 2.15. The third kappa shape index (κ3) is 9.22. The van der Waals surface area contributed by atoms with E-state index in [4.69, 9.17) is 4.74 Å². The number of hydrogen-bond acceptors (Lipinski definition) is 9. The molecule has 0 bridgehead atoms. The lowest BCUT2D eigenvalue weighted by atomic mass is 9.58. The van der Waals surface area contributed by atoms with Crippen molar-refractivity contribution in [2.45, 2.75) is 86.6 Å². The second-order valence-electron chi connectivity index (χ2n) is 17.9. The molecule has 1 aliphatic carbocycles. The van der Waals surface area contributed by atoms with Crippen molar-refractivity contribution in [3.8, 4) is 0 Å². The second kappa shape index (κ2) is 18.5. The van der Waals surface area contributed by atoms with Crippen molar-refractivity contribution >= 4 is 27.5 Å². The smallest absolute Gasteiger partial charge is 0.407 e. The Morgan fingerprint density at radius 3 is 2.43 bits per heavy atom. The molecule has 61 heavy (non-hydrogen) atoms. The zero-order valence-corrected chi connectivity index (χ0v) is 36.6. The number of imidazole rings is 1. The Balaban J connectivity index is 1.06. The van der Waals surface area contributed by atoms with Gasteiger partial charge in [-0.1, -0.05) is 25.1 Å². The third-order valence-electron chi connectivity index (χ3n) is 13.8. The number of hydrogen-bond donors (Lipinski definition) is 1. The first-order chi connectivity index (χ1) is 29.1. The van der Waals surface area contributed by atoms with Crippen molar-refractivity contribution < 1.29 is 35.9 Å². The molecule has 4 heterocycles. The molecule has 1 N–H and O–H groups in total. The number of anilines is 1. The number of alkyl carbamates (subject to hydrolysis) is 1. The molecule has 4 atom stereocenters. The zero-order chi connectivity index (χ0) is 43.6. The van der Waals surface area contributed by atoms with E-state index >= 15 is 8.78 Å². The summed E-state index contributed by atoms with van der Waals surface area (Å²) in [6.45, 7) is 9.51. The molecule has 0 spiro atoms. The number of benzene rings is 2. The highest BCUT2D eigenvalue weighted by molar-refractivity contribution is 7.92. The summed E-state index contributed by atoms with van der Waals surface area (Å²) < 4.78 is 80.7. The molecular formula is C45H60F3N7O5S. The fourth-order valence-electron chi connectivity index (χ4n) is 10.9. The number of nitrogens with zero attached hydrogens (tertiary/aromatic N) is 6. The van der Waals surface area contributed by atoms with Crippen molar-refractivity contribution in [2.75, 3.05) is 71.9 Å². The summed E-state index contributed by atoms with van der Waals surface area (Å²) in [6, 6.07) is 9.90. The van der Waals surface area contributed by atoms with Crippen molar-refractivity contribution in [3.63, 3.8) is 0 Å². The van der Waals surface area contributed by atoms with Crippen LogP contribution in [0.2, 0.25) is 0 Å². The standard InChI is InChI=1S/C45H60F3N7O5S/c1-30(46)43(56)53-19-8-11-36(27-53)61(58,59)41-15-14-40(42(48)37(41)28-51(3)4)55-25-32(26-55)24-52-20-16-33(17-21-52)45(29-54-22-18-49-31(54)2,34-9-6-10-35(47)23-34)38-12-7-13-39(38)50-44(57)60-5/h6,9-10,14-15,18,22-23,32-33,36,38-39H,1,7-8,11-13,16-17,19-21,24-29H2,2-5H3,(H,50,57)/t36-,38+,39+,45+/m1/s1. The van der Waals surface area contributed by atoms with Gasteiger partial charge in [0.15, 0.2) is 21.5 Å². The van der Waals surface area contributed by atoms with Gasteiger partial charge in [-0.05, 0) is 114 Å². The van der Waals surface area contributed by atoms with E-state index in [0.29, 0.717) is 31.7 Å². The first-order valence-corrected chi connectivity index (χ1v) is 23.1. The Kier molecular flexibility index (Phi) is 13.5. The maximum Gasteiger partial charge on any atom is 0.407 e. The number of likely N-dealkylation sites (tertiary alicyclic amines) is 2. The lowest BCUT2D eigenvalue weighted by Crippen LogP contribution is -2.56. The molecule has 16 heteroatoms. The minimum absolute atomic E-state index is 0.0315. The average Bonchev–Trinajstić information content (AvgIpc) is 3.86. The van der Waals surface area contributed by atoms with Gasteiger partial charge in [0.05, 0.1) is 22.9 Å². The number of carbonyl (C=O) groups is 2. The van der Waals surface area contributed by atoms with Gasteiger partial charge in [-0.25, -0.2) is 31.4 Å². The fourth-order valence-corrected chi connectivity index (χ4v) is 12.8. The molecule has 2 aromatic carbocycles. The van der Waals surface area contributed by atoms with E-state index in [1.165, 1.54) is 24.1 Å². The van der Waals surface area contributed by atoms with Gasteiger partial charge in [0.25, 0.3) is 5.91 Å².